The molecular formula is C13H16ClF3O. The van der Waals surface area contributed by atoms with Crippen LogP contribution >= 0.6 is 11.6 Å². The Morgan fingerprint density at radius 1 is 1.33 bits per heavy atom. The lowest BCUT2D eigenvalue weighted by atomic mass is 9.95. The first-order chi connectivity index (χ1) is 8.40. The van der Waals surface area contributed by atoms with Gasteiger partial charge in [-0.2, -0.15) is 13.2 Å². The van der Waals surface area contributed by atoms with E-state index in [4.69, 9.17) is 16.3 Å². The van der Waals surface area contributed by atoms with Crippen molar-refractivity contribution in [2.75, 3.05) is 12.5 Å². The molecule has 18 heavy (non-hydrogen) atoms. The third-order valence-electron chi connectivity index (χ3n) is 2.71. The van der Waals surface area contributed by atoms with E-state index in [0.717, 1.165) is 12.1 Å². The van der Waals surface area contributed by atoms with Crippen LogP contribution in [0.15, 0.2) is 18.2 Å². The summed E-state index contributed by atoms with van der Waals surface area (Å²) in [6.07, 6.45) is -3.72. The van der Waals surface area contributed by atoms with Crippen molar-refractivity contribution in [2.24, 2.45) is 0 Å². The van der Waals surface area contributed by atoms with Gasteiger partial charge in [-0.15, -0.1) is 11.6 Å². The molecule has 1 aromatic rings. The van der Waals surface area contributed by atoms with Gasteiger partial charge in [-0.25, -0.2) is 0 Å². The van der Waals surface area contributed by atoms with E-state index >= 15 is 0 Å². The summed E-state index contributed by atoms with van der Waals surface area (Å²) < 4.78 is 43.4. The van der Waals surface area contributed by atoms with Crippen molar-refractivity contribution in [1.82, 2.24) is 0 Å². The largest absolute Gasteiger partial charge is 0.494 e. The fraction of sp³-hybridized carbons (Fsp3) is 0.538. The maximum atomic E-state index is 12.7. The average molecular weight is 281 g/mol. The van der Waals surface area contributed by atoms with Gasteiger partial charge in [0, 0.05) is 5.88 Å². The van der Waals surface area contributed by atoms with E-state index < -0.39 is 11.7 Å². The van der Waals surface area contributed by atoms with Gasteiger partial charge in [0.1, 0.15) is 5.75 Å². The van der Waals surface area contributed by atoms with Crippen LogP contribution in [0.5, 0.6) is 5.75 Å². The summed E-state index contributed by atoms with van der Waals surface area (Å²) >= 11 is 5.64. The number of hydrogen-bond donors (Lipinski definition) is 0. The molecule has 5 heteroatoms. The third kappa shape index (κ3) is 3.80. The van der Waals surface area contributed by atoms with Crippen LogP contribution in [-0.4, -0.2) is 12.5 Å². The predicted molar refractivity (Wildman–Crippen MR) is 66.4 cm³/mol. The maximum Gasteiger partial charge on any atom is 0.416 e. The SMILES string of the molecule is CCOc1ccc(C(F)(F)F)cc1C(C)CCCl. The molecule has 0 spiro atoms. The highest BCUT2D eigenvalue weighted by Gasteiger charge is 2.31. The lowest BCUT2D eigenvalue weighted by Crippen LogP contribution is -2.08. The molecule has 1 nitrogen and oxygen atoms in total. The molecule has 0 N–H and O–H groups in total. The van der Waals surface area contributed by atoms with Crippen LogP contribution in [0.1, 0.15) is 37.3 Å². The number of hydrogen-bond acceptors (Lipinski definition) is 1. The topological polar surface area (TPSA) is 9.23 Å². The van der Waals surface area contributed by atoms with Crippen LogP contribution in [0.4, 0.5) is 13.2 Å². The van der Waals surface area contributed by atoms with Gasteiger partial charge >= 0.3 is 6.18 Å². The second-order valence-corrected chi connectivity index (χ2v) is 4.44. The highest BCUT2D eigenvalue weighted by molar-refractivity contribution is 6.17. The fourth-order valence-electron chi connectivity index (χ4n) is 1.72. The van der Waals surface area contributed by atoms with Gasteiger partial charge in [0.05, 0.1) is 12.2 Å². The van der Waals surface area contributed by atoms with E-state index in [-0.39, 0.29) is 5.92 Å². The minimum absolute atomic E-state index is 0.0636. The van der Waals surface area contributed by atoms with Crippen molar-refractivity contribution in [3.05, 3.63) is 29.3 Å². The molecule has 0 amide bonds. The molecule has 0 aliphatic carbocycles. The summed E-state index contributed by atoms with van der Waals surface area (Å²) in [4.78, 5) is 0. The summed E-state index contributed by atoms with van der Waals surface area (Å²) in [5.74, 6) is 0.845. The first-order valence-electron chi connectivity index (χ1n) is 5.80. The predicted octanol–water partition coefficient (Wildman–Crippen LogP) is 4.84. The number of rotatable bonds is 5. The molecule has 0 heterocycles. The second-order valence-electron chi connectivity index (χ2n) is 4.06. The van der Waals surface area contributed by atoms with Crippen molar-refractivity contribution in [3.8, 4) is 5.75 Å². The van der Waals surface area contributed by atoms with Crippen LogP contribution in [0.3, 0.4) is 0 Å². The smallest absolute Gasteiger partial charge is 0.416 e. The van der Waals surface area contributed by atoms with Gasteiger partial charge < -0.3 is 4.74 Å². The van der Waals surface area contributed by atoms with E-state index in [9.17, 15) is 13.2 Å². The second kappa shape index (κ2) is 6.32. The molecule has 0 radical (unpaired) electrons. The standard InChI is InChI=1S/C13H16ClF3O/c1-3-18-12-5-4-10(13(15,16)17)8-11(12)9(2)6-7-14/h4-5,8-9H,3,6-7H2,1-2H3. The van der Waals surface area contributed by atoms with Crippen LogP contribution in [-0.2, 0) is 6.18 Å². The van der Waals surface area contributed by atoms with Crippen LogP contribution in [0, 0.1) is 0 Å². The monoisotopic (exact) mass is 280 g/mol. The van der Waals surface area contributed by atoms with E-state index in [2.05, 4.69) is 0 Å². The van der Waals surface area contributed by atoms with Crippen LogP contribution in [0.25, 0.3) is 0 Å². The molecule has 1 aromatic carbocycles. The summed E-state index contributed by atoms with van der Waals surface area (Å²) in [5.41, 5.74) is -0.0882. The minimum Gasteiger partial charge on any atom is -0.494 e. The van der Waals surface area contributed by atoms with Gasteiger partial charge in [-0.3, -0.25) is 0 Å². The molecule has 102 valence electrons. The molecule has 0 saturated carbocycles. The number of alkyl halides is 4. The van der Waals surface area contributed by atoms with E-state index in [1.165, 1.54) is 6.07 Å². The Balaban J connectivity index is 3.15. The van der Waals surface area contributed by atoms with Crippen molar-refractivity contribution >= 4 is 11.6 Å². The zero-order valence-corrected chi connectivity index (χ0v) is 11.1. The molecule has 0 aliphatic rings. The Hall–Kier alpha value is -0.900. The van der Waals surface area contributed by atoms with Crippen molar-refractivity contribution in [1.29, 1.82) is 0 Å². The van der Waals surface area contributed by atoms with Gasteiger partial charge in [0.2, 0.25) is 0 Å². The van der Waals surface area contributed by atoms with Crippen LogP contribution < -0.4 is 4.74 Å². The van der Waals surface area contributed by atoms with Gasteiger partial charge in [0.15, 0.2) is 0 Å². The first-order valence-corrected chi connectivity index (χ1v) is 6.33. The molecule has 0 saturated heterocycles. The summed E-state index contributed by atoms with van der Waals surface area (Å²) in [6.45, 7) is 4.07. The summed E-state index contributed by atoms with van der Waals surface area (Å²) in [5, 5.41) is 0. The number of halogens is 4. The zero-order chi connectivity index (χ0) is 13.8. The fourth-order valence-corrected chi connectivity index (χ4v) is 2.04. The maximum absolute atomic E-state index is 12.7. The van der Waals surface area contributed by atoms with Crippen molar-refractivity contribution in [2.45, 2.75) is 32.4 Å². The van der Waals surface area contributed by atoms with E-state index in [1.807, 2.05) is 6.92 Å². The zero-order valence-electron chi connectivity index (χ0n) is 10.4. The molecular weight excluding hydrogens is 265 g/mol. The van der Waals surface area contributed by atoms with Gasteiger partial charge in [0.25, 0.3) is 0 Å². The third-order valence-corrected chi connectivity index (χ3v) is 2.93. The molecule has 0 fully saturated rings. The Kier molecular flexibility index (Phi) is 5.32. The lowest BCUT2D eigenvalue weighted by molar-refractivity contribution is -0.137. The van der Waals surface area contributed by atoms with Crippen molar-refractivity contribution < 1.29 is 17.9 Å². The summed E-state index contributed by atoms with van der Waals surface area (Å²) in [7, 11) is 0. The molecule has 0 bridgehead atoms. The van der Waals surface area contributed by atoms with Crippen LogP contribution in [0.2, 0.25) is 0 Å². The van der Waals surface area contributed by atoms with Gasteiger partial charge in [-0.1, -0.05) is 6.92 Å². The van der Waals surface area contributed by atoms with Gasteiger partial charge in [-0.05, 0) is 43.0 Å². The Morgan fingerprint density at radius 3 is 2.50 bits per heavy atom. The molecule has 0 aromatic heterocycles. The normalized spacial score (nSPS) is 13.4. The quantitative estimate of drug-likeness (QED) is 0.702. The highest BCUT2D eigenvalue weighted by atomic mass is 35.5. The van der Waals surface area contributed by atoms with E-state index in [1.54, 1.807) is 6.92 Å². The Labute approximate surface area is 110 Å². The lowest BCUT2D eigenvalue weighted by Gasteiger charge is -2.18. The van der Waals surface area contributed by atoms with E-state index in [0.29, 0.717) is 30.2 Å². The average Bonchev–Trinajstić information content (AvgIpc) is 2.28. The summed E-state index contributed by atoms with van der Waals surface area (Å²) in [6, 6.07) is 3.58. The number of benzene rings is 1. The van der Waals surface area contributed by atoms with Crippen molar-refractivity contribution in [3.63, 3.8) is 0 Å². The first kappa shape index (κ1) is 15.2. The Morgan fingerprint density at radius 2 is 2.00 bits per heavy atom. The number of ether oxygens (including phenoxy) is 1. The molecule has 1 atom stereocenters. The highest BCUT2D eigenvalue weighted by Crippen LogP contribution is 2.36. The molecule has 0 aliphatic heterocycles. The molecule has 1 unspecified atom stereocenters. The molecule has 1 rings (SSSR count). The minimum atomic E-state index is -4.33. The Bertz CT molecular complexity index is 390.